The fraction of sp³-hybridized carbons (Fsp3) is 0.733. The molecule has 0 bridgehead atoms. The smallest absolute Gasteiger partial charge is 0.226 e. The van der Waals surface area contributed by atoms with Gasteiger partial charge >= 0.3 is 0 Å². The van der Waals surface area contributed by atoms with Gasteiger partial charge in [-0.15, -0.1) is 0 Å². The van der Waals surface area contributed by atoms with E-state index in [0.29, 0.717) is 11.8 Å². The minimum atomic E-state index is 0.189. The molecule has 2 atom stereocenters. The van der Waals surface area contributed by atoms with E-state index in [-0.39, 0.29) is 5.92 Å². The molecule has 19 heavy (non-hydrogen) atoms. The summed E-state index contributed by atoms with van der Waals surface area (Å²) >= 11 is 0. The van der Waals surface area contributed by atoms with Crippen LogP contribution in [0.2, 0.25) is 0 Å². The molecule has 1 aromatic heterocycles. The second-order valence-corrected chi connectivity index (χ2v) is 6.18. The Kier molecular flexibility index (Phi) is 3.58. The number of carbonyl (C=O) groups excluding carboxylic acids is 1. The largest absolute Gasteiger partial charge is 0.348 e. The Labute approximate surface area is 114 Å². The first-order valence-electron chi connectivity index (χ1n) is 7.49. The van der Waals surface area contributed by atoms with Gasteiger partial charge in [0.1, 0.15) is 0 Å². The highest BCUT2D eigenvalue weighted by molar-refractivity contribution is 5.82. The molecule has 0 radical (unpaired) electrons. The fourth-order valence-electron chi connectivity index (χ4n) is 3.41. The molecule has 0 aromatic carbocycles. The number of hydrogen-bond acceptors (Lipinski definition) is 2. The van der Waals surface area contributed by atoms with E-state index >= 15 is 0 Å². The third-order valence-corrected chi connectivity index (χ3v) is 4.66. The first-order valence-corrected chi connectivity index (χ1v) is 7.49. The lowest BCUT2D eigenvalue weighted by Gasteiger charge is -2.27. The zero-order chi connectivity index (χ0) is 13.2. The van der Waals surface area contributed by atoms with Crippen molar-refractivity contribution in [2.24, 2.45) is 11.8 Å². The number of rotatable bonds is 4. The summed E-state index contributed by atoms with van der Waals surface area (Å²) in [4.78, 5) is 21.5. The summed E-state index contributed by atoms with van der Waals surface area (Å²) in [7, 11) is 1.97. The number of nitrogens with one attached hydrogen (secondary N) is 1. The number of imidazole rings is 1. The molecule has 2 aliphatic carbocycles. The second kappa shape index (κ2) is 5.35. The van der Waals surface area contributed by atoms with Crippen LogP contribution in [0.1, 0.15) is 50.1 Å². The Hall–Kier alpha value is -1.32. The SMILES string of the molecule is CN(CC1CCCCC1)C(=O)[C@@H]1C[C@H]1c1cnc[nH]1. The first kappa shape index (κ1) is 12.7. The van der Waals surface area contributed by atoms with Crippen LogP contribution in [0, 0.1) is 11.8 Å². The highest BCUT2D eigenvalue weighted by Gasteiger charge is 2.46. The molecule has 2 aliphatic rings. The van der Waals surface area contributed by atoms with Gasteiger partial charge in [-0.3, -0.25) is 4.79 Å². The van der Waals surface area contributed by atoms with E-state index in [1.54, 1.807) is 6.33 Å². The van der Waals surface area contributed by atoms with Crippen LogP contribution in [0.5, 0.6) is 0 Å². The van der Waals surface area contributed by atoms with E-state index in [0.717, 1.165) is 24.6 Å². The maximum absolute atomic E-state index is 12.4. The van der Waals surface area contributed by atoms with Crippen LogP contribution in [0.4, 0.5) is 0 Å². The lowest BCUT2D eigenvalue weighted by atomic mass is 9.89. The maximum Gasteiger partial charge on any atom is 0.226 e. The normalized spacial score (nSPS) is 27.2. The number of H-pyrrole nitrogens is 1. The van der Waals surface area contributed by atoms with E-state index < -0.39 is 0 Å². The maximum atomic E-state index is 12.4. The van der Waals surface area contributed by atoms with Crippen molar-refractivity contribution in [3.63, 3.8) is 0 Å². The summed E-state index contributed by atoms with van der Waals surface area (Å²) in [6.07, 6.45) is 11.2. The van der Waals surface area contributed by atoms with E-state index in [4.69, 9.17) is 0 Å². The number of nitrogens with zero attached hydrogens (tertiary/aromatic N) is 2. The lowest BCUT2D eigenvalue weighted by molar-refractivity contribution is -0.132. The molecule has 2 fully saturated rings. The third kappa shape index (κ3) is 2.82. The Bertz CT molecular complexity index is 423. The quantitative estimate of drug-likeness (QED) is 0.905. The van der Waals surface area contributed by atoms with Gasteiger partial charge in [0.25, 0.3) is 0 Å². The summed E-state index contributed by atoms with van der Waals surface area (Å²) in [5.41, 5.74) is 1.12. The Balaban J connectivity index is 1.50. The topological polar surface area (TPSA) is 49.0 Å². The average molecular weight is 261 g/mol. The highest BCUT2D eigenvalue weighted by Crippen LogP contribution is 2.47. The van der Waals surface area contributed by atoms with Crippen LogP contribution in [0.3, 0.4) is 0 Å². The second-order valence-electron chi connectivity index (χ2n) is 6.18. The Morgan fingerprint density at radius 3 is 2.89 bits per heavy atom. The molecule has 0 spiro atoms. The van der Waals surface area contributed by atoms with Crippen molar-refractivity contribution in [2.45, 2.75) is 44.4 Å². The lowest BCUT2D eigenvalue weighted by Crippen LogP contribution is -2.34. The Morgan fingerprint density at radius 2 is 2.21 bits per heavy atom. The number of aromatic nitrogens is 2. The third-order valence-electron chi connectivity index (χ3n) is 4.66. The molecule has 2 saturated carbocycles. The average Bonchev–Trinajstić information content (AvgIpc) is 3.04. The van der Waals surface area contributed by atoms with E-state index in [2.05, 4.69) is 9.97 Å². The van der Waals surface area contributed by atoms with E-state index in [9.17, 15) is 4.79 Å². The van der Waals surface area contributed by atoms with Crippen molar-refractivity contribution in [1.82, 2.24) is 14.9 Å². The van der Waals surface area contributed by atoms with Gasteiger partial charge in [-0.25, -0.2) is 4.98 Å². The van der Waals surface area contributed by atoms with Crippen molar-refractivity contribution >= 4 is 5.91 Å². The molecule has 1 aromatic rings. The minimum absolute atomic E-state index is 0.189. The van der Waals surface area contributed by atoms with Crippen LogP contribution >= 0.6 is 0 Å². The van der Waals surface area contributed by atoms with Crippen molar-refractivity contribution < 1.29 is 4.79 Å². The number of hydrogen-bond donors (Lipinski definition) is 1. The molecule has 0 saturated heterocycles. The summed E-state index contributed by atoms with van der Waals surface area (Å²) in [5, 5.41) is 0. The van der Waals surface area contributed by atoms with Gasteiger partial charge < -0.3 is 9.88 Å². The molecule has 3 rings (SSSR count). The molecule has 1 amide bonds. The van der Waals surface area contributed by atoms with Gasteiger partial charge in [-0.2, -0.15) is 0 Å². The molecule has 104 valence electrons. The minimum Gasteiger partial charge on any atom is -0.348 e. The van der Waals surface area contributed by atoms with Gasteiger partial charge in [0.15, 0.2) is 0 Å². The van der Waals surface area contributed by atoms with Crippen LogP contribution < -0.4 is 0 Å². The number of amides is 1. The Morgan fingerprint density at radius 1 is 1.42 bits per heavy atom. The van der Waals surface area contributed by atoms with Crippen molar-refractivity contribution in [2.75, 3.05) is 13.6 Å². The van der Waals surface area contributed by atoms with Gasteiger partial charge in [0.05, 0.1) is 6.33 Å². The van der Waals surface area contributed by atoms with Gasteiger partial charge in [0.2, 0.25) is 5.91 Å². The van der Waals surface area contributed by atoms with Crippen LogP contribution in [-0.4, -0.2) is 34.4 Å². The number of aromatic amines is 1. The molecule has 4 nitrogen and oxygen atoms in total. The van der Waals surface area contributed by atoms with Crippen LogP contribution in [0.25, 0.3) is 0 Å². The molecule has 4 heteroatoms. The zero-order valence-electron chi connectivity index (χ0n) is 11.6. The molecule has 1 heterocycles. The fourth-order valence-corrected chi connectivity index (χ4v) is 3.41. The molecular formula is C15H23N3O. The van der Waals surface area contributed by atoms with Crippen LogP contribution in [0.15, 0.2) is 12.5 Å². The monoisotopic (exact) mass is 261 g/mol. The van der Waals surface area contributed by atoms with Crippen LogP contribution in [-0.2, 0) is 4.79 Å². The summed E-state index contributed by atoms with van der Waals surface area (Å²) < 4.78 is 0. The highest BCUT2D eigenvalue weighted by atomic mass is 16.2. The zero-order valence-corrected chi connectivity index (χ0v) is 11.6. The molecule has 1 N–H and O–H groups in total. The molecular weight excluding hydrogens is 238 g/mol. The van der Waals surface area contributed by atoms with Crippen molar-refractivity contribution in [3.8, 4) is 0 Å². The van der Waals surface area contributed by atoms with Crippen molar-refractivity contribution in [3.05, 3.63) is 18.2 Å². The predicted molar refractivity (Wildman–Crippen MR) is 73.6 cm³/mol. The first-order chi connectivity index (χ1) is 9.25. The van der Waals surface area contributed by atoms with E-state index in [1.807, 2.05) is 18.1 Å². The van der Waals surface area contributed by atoms with Crippen molar-refractivity contribution in [1.29, 1.82) is 0 Å². The molecule has 0 aliphatic heterocycles. The summed E-state index contributed by atoms with van der Waals surface area (Å²) in [6, 6.07) is 0. The van der Waals surface area contributed by atoms with Gasteiger partial charge in [-0.1, -0.05) is 19.3 Å². The summed E-state index contributed by atoms with van der Waals surface area (Å²) in [5.74, 6) is 1.62. The van der Waals surface area contributed by atoms with E-state index in [1.165, 1.54) is 32.1 Å². The number of carbonyl (C=O) groups is 1. The van der Waals surface area contributed by atoms with Gasteiger partial charge in [-0.05, 0) is 25.2 Å². The van der Waals surface area contributed by atoms with Gasteiger partial charge in [0, 0.05) is 37.3 Å². The summed E-state index contributed by atoms with van der Waals surface area (Å²) in [6.45, 7) is 0.949. The predicted octanol–water partition coefficient (Wildman–Crippen LogP) is 2.55. The standard InChI is InChI=1S/C15H23N3O/c1-18(9-11-5-3-2-4-6-11)15(19)13-7-12(13)14-8-16-10-17-14/h8,10-13H,2-7,9H2,1H3,(H,16,17)/t12-,13-/m1/s1. The molecule has 0 unspecified atom stereocenters.